The van der Waals surface area contributed by atoms with Gasteiger partial charge in [-0.05, 0) is 76.9 Å². The van der Waals surface area contributed by atoms with E-state index in [0.29, 0.717) is 38.3 Å². The average molecular weight is 783 g/mol. The SMILES string of the molecule is CCn1c(-c2cccnc2[C@H](C)OC)c2c3cc(ccc31)-c1csc(n1)C[C@H](NC(=O)N1C[C@H]3CN(C)C[C@H]31)C(=O)N1CCC[C@@](C)(N1)C(=O)OCC(C)(C)C2. The van der Waals surface area contributed by atoms with Gasteiger partial charge in [-0.3, -0.25) is 14.8 Å². The van der Waals surface area contributed by atoms with Gasteiger partial charge in [0.2, 0.25) is 0 Å². The molecule has 3 aromatic heterocycles. The van der Waals surface area contributed by atoms with Gasteiger partial charge in [0, 0.05) is 91.2 Å². The molecule has 0 aliphatic carbocycles. The Morgan fingerprint density at radius 3 is 2.77 bits per heavy atom. The van der Waals surface area contributed by atoms with Crippen molar-refractivity contribution in [1.29, 1.82) is 0 Å². The number of benzene rings is 1. The van der Waals surface area contributed by atoms with Gasteiger partial charge in [-0.25, -0.2) is 20.0 Å². The largest absolute Gasteiger partial charge is 0.464 e. The van der Waals surface area contributed by atoms with Crippen molar-refractivity contribution in [2.24, 2.45) is 11.3 Å². The molecule has 1 aromatic carbocycles. The second-order valence-electron chi connectivity index (χ2n) is 17.1. The van der Waals surface area contributed by atoms with Crippen LogP contribution in [0.5, 0.6) is 0 Å². The molecule has 2 N–H and O–H groups in total. The summed E-state index contributed by atoms with van der Waals surface area (Å²) in [6.07, 6.45) is 3.52. The lowest BCUT2D eigenvalue weighted by Crippen LogP contribution is -2.67. The van der Waals surface area contributed by atoms with Crippen LogP contribution in [-0.4, -0.2) is 112 Å². The number of aromatic nitrogens is 3. The number of methoxy groups -OCH3 is 1. The molecule has 7 heterocycles. The molecule has 298 valence electrons. The average Bonchev–Trinajstić information content (AvgIpc) is 3.86. The number of rotatable bonds is 5. The fraction of sp³-hybridized carbons (Fsp3) is 0.548. The van der Waals surface area contributed by atoms with Crippen LogP contribution >= 0.6 is 11.3 Å². The third kappa shape index (κ3) is 6.98. The summed E-state index contributed by atoms with van der Waals surface area (Å²) in [4.78, 5) is 56.2. The number of carbonyl (C=O) groups is 3. The molecule has 5 atom stereocenters. The maximum absolute atomic E-state index is 14.4. The number of esters is 1. The van der Waals surface area contributed by atoms with E-state index in [2.05, 4.69) is 72.3 Å². The molecule has 0 saturated carbocycles. The zero-order chi connectivity index (χ0) is 39.5. The van der Waals surface area contributed by atoms with E-state index in [1.54, 1.807) is 14.0 Å². The van der Waals surface area contributed by atoms with Crippen molar-refractivity contribution in [2.45, 2.75) is 90.6 Å². The minimum absolute atomic E-state index is 0.146. The number of hydrogen-bond acceptors (Lipinski definition) is 10. The lowest BCUT2D eigenvalue weighted by atomic mass is 9.84. The Bertz CT molecular complexity index is 2160. The summed E-state index contributed by atoms with van der Waals surface area (Å²) in [6, 6.07) is 9.58. The number of hydrazine groups is 1. The van der Waals surface area contributed by atoms with Gasteiger partial charge in [-0.15, -0.1) is 11.3 Å². The molecule has 0 spiro atoms. The number of aryl methyl sites for hydroxylation is 1. The summed E-state index contributed by atoms with van der Waals surface area (Å²) >= 11 is 1.48. The standard InChI is InChI=1S/C42H54N8O5S/c1-8-48-33-13-12-26-17-29(33)30(37(48)28-11-9-15-43-36(28)25(2)54-7)19-41(3,4)24-55-39(52)42(5)14-10-16-50(46-42)38(51)31(18-35-44-32(26)23-56-35)45-40(53)49-21-27-20-47(6)22-34(27)49/h9,11-13,15,17,23,25,27,31,34,46H,8,10,14,16,18-22,24H2,1-7H3,(H,45,53)/t25-,27+,31-,34+,42+/m0/s1. The van der Waals surface area contributed by atoms with E-state index < -0.39 is 23.0 Å². The molecule has 4 aromatic rings. The molecular formula is C42H54N8O5S. The molecule has 3 amide bonds. The number of hydrogen-bond donors (Lipinski definition) is 2. The number of nitrogens with zero attached hydrogens (tertiary/aromatic N) is 6. The Morgan fingerprint density at radius 2 is 2.00 bits per heavy atom. The molecule has 6 bridgehead atoms. The van der Waals surface area contributed by atoms with Crippen molar-refractivity contribution < 1.29 is 23.9 Å². The first-order chi connectivity index (χ1) is 26.8. The Balaban J connectivity index is 1.22. The Kier molecular flexibility index (Phi) is 10.2. The lowest BCUT2D eigenvalue weighted by Gasteiger charge is -2.44. The van der Waals surface area contributed by atoms with Crippen molar-refractivity contribution in [2.75, 3.05) is 46.9 Å². The van der Waals surface area contributed by atoms with Crippen molar-refractivity contribution in [3.8, 4) is 22.5 Å². The van der Waals surface area contributed by atoms with Crippen LogP contribution in [0.25, 0.3) is 33.4 Å². The number of cyclic esters (lactones) is 1. The van der Waals surface area contributed by atoms with Gasteiger partial charge >= 0.3 is 12.0 Å². The van der Waals surface area contributed by atoms with Gasteiger partial charge in [-0.1, -0.05) is 19.9 Å². The summed E-state index contributed by atoms with van der Waals surface area (Å²) in [5, 5.41) is 8.47. The predicted octanol–water partition coefficient (Wildman–Crippen LogP) is 5.43. The van der Waals surface area contributed by atoms with E-state index in [9.17, 15) is 14.4 Å². The smallest absolute Gasteiger partial charge is 0.327 e. The van der Waals surface area contributed by atoms with Crippen molar-refractivity contribution in [1.82, 2.24) is 40.1 Å². The number of likely N-dealkylation sites (tertiary alicyclic amines) is 2. The summed E-state index contributed by atoms with van der Waals surface area (Å²) in [6.45, 7) is 14.0. The first kappa shape index (κ1) is 38.5. The minimum Gasteiger partial charge on any atom is -0.464 e. The molecule has 4 aliphatic rings. The number of amides is 3. The van der Waals surface area contributed by atoms with Crippen LogP contribution in [0.3, 0.4) is 0 Å². The van der Waals surface area contributed by atoms with Crippen LogP contribution in [0.1, 0.15) is 69.8 Å². The number of fused-ring (bicyclic) bond motifs is 7. The zero-order valence-corrected chi connectivity index (χ0v) is 34.4. The quantitative estimate of drug-likeness (QED) is 0.254. The first-order valence-electron chi connectivity index (χ1n) is 19.9. The van der Waals surface area contributed by atoms with Gasteiger partial charge in [0.15, 0.2) is 0 Å². The predicted molar refractivity (Wildman–Crippen MR) is 216 cm³/mol. The topological polar surface area (TPSA) is 134 Å². The highest BCUT2D eigenvalue weighted by Gasteiger charge is 2.48. The van der Waals surface area contributed by atoms with Crippen LogP contribution < -0.4 is 10.7 Å². The molecule has 14 heteroatoms. The summed E-state index contributed by atoms with van der Waals surface area (Å²) in [7, 11) is 3.78. The van der Waals surface area contributed by atoms with E-state index in [4.69, 9.17) is 19.4 Å². The molecule has 3 saturated heterocycles. The van der Waals surface area contributed by atoms with E-state index in [-0.39, 0.29) is 37.1 Å². The van der Waals surface area contributed by atoms with Gasteiger partial charge in [0.1, 0.15) is 11.6 Å². The maximum atomic E-state index is 14.4. The molecular weight excluding hydrogens is 729 g/mol. The number of pyridine rings is 1. The number of ether oxygens (including phenoxy) is 2. The molecule has 3 fully saturated rings. The molecule has 0 radical (unpaired) electrons. The normalized spacial score (nSPS) is 26.0. The van der Waals surface area contributed by atoms with Crippen molar-refractivity contribution >= 4 is 40.1 Å². The van der Waals surface area contributed by atoms with Crippen LogP contribution in [-0.2, 0) is 38.4 Å². The fourth-order valence-electron chi connectivity index (χ4n) is 9.13. The molecule has 8 rings (SSSR count). The Morgan fingerprint density at radius 1 is 1.18 bits per heavy atom. The molecule has 13 nitrogen and oxygen atoms in total. The molecule has 56 heavy (non-hydrogen) atoms. The van der Waals surface area contributed by atoms with Gasteiger partial charge in [-0.2, -0.15) is 0 Å². The van der Waals surface area contributed by atoms with Gasteiger partial charge < -0.3 is 29.2 Å². The second-order valence-corrected chi connectivity index (χ2v) is 18.0. The van der Waals surface area contributed by atoms with E-state index in [1.165, 1.54) is 16.3 Å². The van der Waals surface area contributed by atoms with Crippen molar-refractivity contribution in [3.05, 3.63) is 58.2 Å². The first-order valence-corrected chi connectivity index (χ1v) is 20.8. The number of likely N-dealkylation sites (N-methyl/N-ethyl adjacent to an activating group) is 1. The number of nitrogens with one attached hydrogen (secondary N) is 2. The van der Waals surface area contributed by atoms with E-state index in [1.807, 2.05) is 29.5 Å². The summed E-state index contributed by atoms with van der Waals surface area (Å²) < 4.78 is 14.3. The monoisotopic (exact) mass is 782 g/mol. The minimum atomic E-state index is -1.13. The number of thiazole rings is 1. The highest BCUT2D eigenvalue weighted by atomic mass is 32.1. The number of carbonyl (C=O) groups excluding carboxylic acids is 3. The Hall–Kier alpha value is -4.37. The fourth-order valence-corrected chi connectivity index (χ4v) is 9.98. The lowest BCUT2D eigenvalue weighted by molar-refractivity contribution is -0.162. The summed E-state index contributed by atoms with van der Waals surface area (Å²) in [5.74, 6) is -0.251. The Labute approximate surface area is 332 Å². The van der Waals surface area contributed by atoms with Gasteiger partial charge in [0.25, 0.3) is 5.91 Å². The van der Waals surface area contributed by atoms with Crippen LogP contribution in [0.4, 0.5) is 4.79 Å². The third-order valence-corrected chi connectivity index (χ3v) is 13.1. The zero-order valence-electron chi connectivity index (χ0n) is 33.6. The second kappa shape index (κ2) is 14.9. The molecule has 4 aliphatic heterocycles. The summed E-state index contributed by atoms with van der Waals surface area (Å²) in [5.41, 5.74) is 8.59. The highest BCUT2D eigenvalue weighted by Crippen LogP contribution is 2.42. The van der Waals surface area contributed by atoms with Crippen LogP contribution in [0.15, 0.2) is 41.9 Å². The molecule has 0 unspecified atom stereocenters. The van der Waals surface area contributed by atoms with Crippen molar-refractivity contribution in [3.63, 3.8) is 0 Å². The van der Waals surface area contributed by atoms with E-state index >= 15 is 0 Å². The highest BCUT2D eigenvalue weighted by molar-refractivity contribution is 7.10. The van der Waals surface area contributed by atoms with Crippen LogP contribution in [0.2, 0.25) is 0 Å². The van der Waals surface area contributed by atoms with E-state index in [0.717, 1.165) is 69.3 Å². The number of urea groups is 1. The van der Waals surface area contributed by atoms with Gasteiger partial charge in [0.05, 0.1) is 40.8 Å². The third-order valence-electron chi connectivity index (χ3n) is 12.2. The van der Waals surface area contributed by atoms with Crippen LogP contribution in [0, 0.1) is 11.3 Å². The maximum Gasteiger partial charge on any atom is 0.327 e.